The van der Waals surface area contributed by atoms with Crippen LogP contribution in [0.5, 0.6) is 0 Å². The largest absolute Gasteiger partial charge is 0.396 e. The van der Waals surface area contributed by atoms with Gasteiger partial charge in [0.05, 0.1) is 6.61 Å². The third-order valence-electron chi connectivity index (χ3n) is 3.96. The van der Waals surface area contributed by atoms with Crippen LogP contribution < -0.4 is 0 Å². The molecule has 0 saturated carbocycles. The smallest absolute Gasteiger partial charge is 0.226 e. The average molecular weight is 267 g/mol. The van der Waals surface area contributed by atoms with E-state index in [4.69, 9.17) is 14.4 Å². The zero-order chi connectivity index (χ0) is 13.1. The van der Waals surface area contributed by atoms with E-state index in [0.717, 1.165) is 39.0 Å². The molecule has 0 aromatic carbocycles. The van der Waals surface area contributed by atoms with E-state index >= 15 is 0 Å². The Balaban J connectivity index is 1.56. The zero-order valence-corrected chi connectivity index (χ0v) is 11.1. The van der Waals surface area contributed by atoms with E-state index in [-0.39, 0.29) is 12.7 Å². The molecule has 2 aliphatic heterocycles. The fourth-order valence-electron chi connectivity index (χ4n) is 2.86. The van der Waals surface area contributed by atoms with Crippen molar-refractivity contribution in [1.82, 2.24) is 15.0 Å². The van der Waals surface area contributed by atoms with Gasteiger partial charge < -0.3 is 14.4 Å². The third kappa shape index (κ3) is 2.96. The van der Waals surface area contributed by atoms with E-state index in [9.17, 15) is 0 Å². The van der Waals surface area contributed by atoms with Crippen molar-refractivity contribution >= 4 is 0 Å². The summed E-state index contributed by atoms with van der Waals surface area (Å²) in [6.45, 7) is 3.02. The van der Waals surface area contributed by atoms with Crippen LogP contribution in [0.4, 0.5) is 0 Å². The normalized spacial score (nSPS) is 27.6. The maximum absolute atomic E-state index is 8.75. The van der Waals surface area contributed by atoms with Crippen LogP contribution >= 0.6 is 0 Å². The predicted octanol–water partition coefficient (Wildman–Crippen LogP) is 0.920. The lowest BCUT2D eigenvalue weighted by atomic mass is 10.2. The number of nitrogens with zero attached hydrogens (tertiary/aromatic N) is 3. The van der Waals surface area contributed by atoms with Crippen LogP contribution in [0, 0.1) is 0 Å². The summed E-state index contributed by atoms with van der Waals surface area (Å²) in [6.07, 6.45) is 4.83. The van der Waals surface area contributed by atoms with Gasteiger partial charge in [0.15, 0.2) is 0 Å². The minimum Gasteiger partial charge on any atom is -0.396 e. The maximum Gasteiger partial charge on any atom is 0.226 e. The van der Waals surface area contributed by atoms with Crippen LogP contribution in [0.2, 0.25) is 0 Å². The Morgan fingerprint density at radius 2 is 2.32 bits per heavy atom. The lowest BCUT2D eigenvalue weighted by Gasteiger charge is -2.33. The molecule has 0 radical (unpaired) electrons. The van der Waals surface area contributed by atoms with E-state index in [1.165, 1.54) is 12.8 Å². The number of aryl methyl sites for hydroxylation is 1. The number of aliphatic hydroxyl groups excluding tert-OH is 1. The van der Waals surface area contributed by atoms with Gasteiger partial charge in [0.2, 0.25) is 11.7 Å². The molecule has 2 unspecified atom stereocenters. The number of aliphatic hydroxyl groups is 1. The molecule has 6 heteroatoms. The summed E-state index contributed by atoms with van der Waals surface area (Å²) >= 11 is 0. The molecule has 0 spiro atoms. The van der Waals surface area contributed by atoms with Crippen molar-refractivity contribution in [2.45, 2.75) is 44.2 Å². The molecule has 1 aromatic rings. The van der Waals surface area contributed by atoms with E-state index < -0.39 is 0 Å². The summed E-state index contributed by atoms with van der Waals surface area (Å²) in [5.74, 6) is 1.32. The molecule has 19 heavy (non-hydrogen) atoms. The molecule has 2 saturated heterocycles. The highest BCUT2D eigenvalue weighted by Crippen LogP contribution is 2.28. The average Bonchev–Trinajstić information content (AvgIpc) is 3.06. The molecule has 106 valence electrons. The van der Waals surface area contributed by atoms with E-state index in [1.54, 1.807) is 0 Å². The van der Waals surface area contributed by atoms with Gasteiger partial charge in [0.1, 0.15) is 6.10 Å². The number of rotatable bonds is 5. The number of unbranched alkanes of at least 4 members (excludes halogenated alkanes) is 1. The Bertz CT molecular complexity index is 410. The van der Waals surface area contributed by atoms with Gasteiger partial charge in [-0.25, -0.2) is 0 Å². The summed E-state index contributed by atoms with van der Waals surface area (Å²) in [5.41, 5.74) is 0. The molecule has 6 nitrogen and oxygen atoms in total. The second kappa shape index (κ2) is 5.98. The molecule has 1 aromatic heterocycles. The van der Waals surface area contributed by atoms with Crippen LogP contribution in [-0.2, 0) is 11.2 Å². The number of aromatic nitrogens is 2. The molecule has 2 aliphatic rings. The fraction of sp³-hybridized carbons (Fsp3) is 0.846. The number of morpholine rings is 1. The Hall–Kier alpha value is -0.980. The Labute approximate surface area is 112 Å². The number of ether oxygens (including phenoxy) is 1. The first-order valence-corrected chi connectivity index (χ1v) is 7.16. The van der Waals surface area contributed by atoms with Crippen molar-refractivity contribution < 1.29 is 14.4 Å². The van der Waals surface area contributed by atoms with Crippen molar-refractivity contribution in [1.29, 1.82) is 0 Å². The molecule has 0 amide bonds. The van der Waals surface area contributed by atoms with Crippen LogP contribution in [-0.4, -0.2) is 52.5 Å². The monoisotopic (exact) mass is 267 g/mol. The van der Waals surface area contributed by atoms with Crippen molar-refractivity contribution in [3.8, 4) is 0 Å². The molecule has 2 atom stereocenters. The second-order valence-electron chi connectivity index (χ2n) is 5.34. The van der Waals surface area contributed by atoms with Crippen LogP contribution in [0.1, 0.15) is 43.5 Å². The highest BCUT2D eigenvalue weighted by molar-refractivity contribution is 4.97. The van der Waals surface area contributed by atoms with Crippen LogP contribution in [0.15, 0.2) is 4.52 Å². The molecule has 0 bridgehead atoms. The lowest BCUT2D eigenvalue weighted by molar-refractivity contribution is -0.0548. The molecule has 1 N–H and O–H groups in total. The number of hydrogen-bond donors (Lipinski definition) is 1. The van der Waals surface area contributed by atoms with Crippen molar-refractivity contribution in [3.05, 3.63) is 11.7 Å². The van der Waals surface area contributed by atoms with Crippen molar-refractivity contribution in [2.24, 2.45) is 0 Å². The number of fused-ring (bicyclic) bond motifs is 1. The first-order valence-electron chi connectivity index (χ1n) is 7.16. The van der Waals surface area contributed by atoms with Gasteiger partial charge in [-0.2, -0.15) is 4.98 Å². The third-order valence-corrected chi connectivity index (χ3v) is 3.96. The van der Waals surface area contributed by atoms with Gasteiger partial charge in [-0.05, 0) is 32.2 Å². The van der Waals surface area contributed by atoms with Gasteiger partial charge in [0, 0.05) is 25.6 Å². The summed E-state index contributed by atoms with van der Waals surface area (Å²) in [6, 6.07) is 0.590. The fourth-order valence-corrected chi connectivity index (χ4v) is 2.86. The minimum atomic E-state index is -0.0512. The predicted molar refractivity (Wildman–Crippen MR) is 67.6 cm³/mol. The van der Waals surface area contributed by atoms with Gasteiger partial charge in [-0.15, -0.1) is 0 Å². The van der Waals surface area contributed by atoms with E-state index in [1.807, 2.05) is 0 Å². The van der Waals surface area contributed by atoms with Gasteiger partial charge in [-0.3, -0.25) is 4.90 Å². The van der Waals surface area contributed by atoms with Gasteiger partial charge >= 0.3 is 0 Å². The molecular formula is C13H21N3O3. The molecule has 3 rings (SSSR count). The standard InChI is InChI=1S/C13H21N3O3/c17-7-2-1-5-12-14-13(15-19-12)11-8-16-6-3-4-10(16)9-18-11/h10-11,17H,1-9H2. The van der Waals surface area contributed by atoms with Crippen molar-refractivity contribution in [2.75, 3.05) is 26.3 Å². The SMILES string of the molecule is OCCCCc1nc(C2CN3CCCC3CO2)no1. The first kappa shape index (κ1) is 13.0. The highest BCUT2D eigenvalue weighted by atomic mass is 16.5. The van der Waals surface area contributed by atoms with E-state index in [0.29, 0.717) is 17.8 Å². The van der Waals surface area contributed by atoms with Crippen LogP contribution in [0.25, 0.3) is 0 Å². The molecule has 3 heterocycles. The Kier molecular flexibility index (Phi) is 4.10. The van der Waals surface area contributed by atoms with Gasteiger partial charge in [0.25, 0.3) is 0 Å². The van der Waals surface area contributed by atoms with Crippen molar-refractivity contribution in [3.63, 3.8) is 0 Å². The maximum atomic E-state index is 8.75. The van der Waals surface area contributed by atoms with Gasteiger partial charge in [-0.1, -0.05) is 5.16 Å². The highest BCUT2D eigenvalue weighted by Gasteiger charge is 2.34. The van der Waals surface area contributed by atoms with E-state index in [2.05, 4.69) is 15.0 Å². The van der Waals surface area contributed by atoms with Crippen LogP contribution in [0.3, 0.4) is 0 Å². The molecular weight excluding hydrogens is 246 g/mol. The second-order valence-corrected chi connectivity index (χ2v) is 5.34. The Morgan fingerprint density at radius 3 is 3.21 bits per heavy atom. The topological polar surface area (TPSA) is 71.6 Å². The Morgan fingerprint density at radius 1 is 1.37 bits per heavy atom. The first-order chi connectivity index (χ1) is 9.36. The number of hydrogen-bond acceptors (Lipinski definition) is 6. The summed E-state index contributed by atoms with van der Waals surface area (Å²) < 4.78 is 11.1. The lowest BCUT2D eigenvalue weighted by Crippen LogP contribution is -2.42. The zero-order valence-electron chi connectivity index (χ0n) is 11.1. The molecule has 0 aliphatic carbocycles. The minimum absolute atomic E-state index is 0.0512. The summed E-state index contributed by atoms with van der Waals surface area (Å²) in [7, 11) is 0. The summed E-state index contributed by atoms with van der Waals surface area (Å²) in [5, 5.41) is 12.8. The quantitative estimate of drug-likeness (QED) is 0.800. The molecule has 2 fully saturated rings. The summed E-state index contributed by atoms with van der Waals surface area (Å²) in [4.78, 5) is 6.88.